The van der Waals surface area contributed by atoms with Crippen LogP contribution in [-0.4, -0.2) is 47.9 Å². The lowest BCUT2D eigenvalue weighted by atomic mass is 10.1. The first-order valence-electron chi connectivity index (χ1n) is 9.85. The molecule has 2 aromatic rings. The zero-order chi connectivity index (χ0) is 21.7. The zero-order valence-electron chi connectivity index (χ0n) is 17.4. The first-order chi connectivity index (χ1) is 14.2. The largest absolute Gasteiger partial charge is 0.489 e. The fourth-order valence-electron chi connectivity index (χ4n) is 3.06. The van der Waals surface area contributed by atoms with E-state index in [9.17, 15) is 14.7 Å². The Morgan fingerprint density at radius 2 is 1.93 bits per heavy atom. The lowest BCUT2D eigenvalue weighted by Gasteiger charge is -2.34. The molecule has 0 bridgehead atoms. The number of morpholine rings is 1. The van der Waals surface area contributed by atoms with Gasteiger partial charge in [0.05, 0.1) is 6.61 Å². The van der Waals surface area contributed by atoms with Gasteiger partial charge >= 0.3 is 5.97 Å². The summed E-state index contributed by atoms with van der Waals surface area (Å²) in [5, 5.41) is 10.3. The predicted octanol–water partition coefficient (Wildman–Crippen LogP) is 2.70. The third-order valence-corrected chi connectivity index (χ3v) is 4.43. The summed E-state index contributed by atoms with van der Waals surface area (Å²) >= 11 is 0. The summed E-state index contributed by atoms with van der Waals surface area (Å²) in [6, 6.07) is 16.9. The molecule has 0 unspecified atom stereocenters. The van der Waals surface area contributed by atoms with E-state index < -0.39 is 29.7 Å². The van der Waals surface area contributed by atoms with E-state index >= 15 is 0 Å². The number of amides is 1. The van der Waals surface area contributed by atoms with Crippen molar-refractivity contribution in [3.05, 3.63) is 60.2 Å². The molecular formula is C23H27NO6. The Hall–Kier alpha value is -2.90. The van der Waals surface area contributed by atoms with Crippen LogP contribution < -0.4 is 9.64 Å². The molecule has 1 N–H and O–H groups in total. The summed E-state index contributed by atoms with van der Waals surface area (Å²) in [5.74, 6) is -0.776. The number of benzene rings is 2. The quantitative estimate of drug-likeness (QED) is 0.733. The van der Waals surface area contributed by atoms with Crippen LogP contribution in [0.2, 0.25) is 0 Å². The van der Waals surface area contributed by atoms with Gasteiger partial charge in [-0.15, -0.1) is 0 Å². The molecule has 160 valence electrons. The Kier molecular flexibility index (Phi) is 6.74. The molecule has 7 nitrogen and oxygen atoms in total. The molecule has 0 spiro atoms. The maximum Gasteiger partial charge on any atom is 0.338 e. The van der Waals surface area contributed by atoms with Crippen molar-refractivity contribution in [1.29, 1.82) is 0 Å². The van der Waals surface area contributed by atoms with Crippen LogP contribution in [0, 0.1) is 0 Å². The highest BCUT2D eigenvalue weighted by atomic mass is 16.6. The predicted molar refractivity (Wildman–Crippen MR) is 111 cm³/mol. The number of esters is 1. The van der Waals surface area contributed by atoms with Gasteiger partial charge in [0, 0.05) is 18.3 Å². The second-order valence-electron chi connectivity index (χ2n) is 8.03. The summed E-state index contributed by atoms with van der Waals surface area (Å²) in [5.41, 5.74) is 0.862. The average molecular weight is 413 g/mol. The van der Waals surface area contributed by atoms with Gasteiger partial charge in [-0.2, -0.15) is 0 Å². The summed E-state index contributed by atoms with van der Waals surface area (Å²) < 4.78 is 16.4. The molecule has 1 aliphatic heterocycles. The van der Waals surface area contributed by atoms with Crippen molar-refractivity contribution in [2.45, 2.75) is 45.2 Å². The van der Waals surface area contributed by atoms with Crippen molar-refractivity contribution in [3.8, 4) is 5.75 Å². The summed E-state index contributed by atoms with van der Waals surface area (Å²) in [6.45, 7) is 5.96. The van der Waals surface area contributed by atoms with Crippen molar-refractivity contribution in [2.24, 2.45) is 0 Å². The molecule has 2 atom stereocenters. The second-order valence-corrected chi connectivity index (χ2v) is 8.03. The molecule has 1 fully saturated rings. The number of carbonyl (C=O) groups excluding carboxylic acids is 2. The Bertz CT molecular complexity index is 877. The van der Waals surface area contributed by atoms with E-state index in [4.69, 9.17) is 14.2 Å². The van der Waals surface area contributed by atoms with Gasteiger partial charge in [0.15, 0.2) is 12.2 Å². The molecule has 7 heteroatoms. The molecule has 1 saturated heterocycles. The topological polar surface area (TPSA) is 85.3 Å². The number of aliphatic hydroxyl groups excluding tert-OH is 1. The van der Waals surface area contributed by atoms with Crippen molar-refractivity contribution >= 4 is 17.6 Å². The highest BCUT2D eigenvalue weighted by molar-refractivity contribution is 6.00. The van der Waals surface area contributed by atoms with Crippen LogP contribution in [0.4, 0.5) is 5.69 Å². The van der Waals surface area contributed by atoms with Crippen molar-refractivity contribution in [1.82, 2.24) is 0 Å². The minimum absolute atomic E-state index is 0.186. The first kappa shape index (κ1) is 21.8. The molecule has 3 rings (SSSR count). The van der Waals surface area contributed by atoms with Crippen LogP contribution in [0.3, 0.4) is 0 Å². The fraction of sp³-hybridized carbons (Fsp3) is 0.391. The third-order valence-electron chi connectivity index (χ3n) is 4.43. The molecule has 30 heavy (non-hydrogen) atoms. The van der Waals surface area contributed by atoms with E-state index in [0.717, 1.165) is 5.56 Å². The smallest absolute Gasteiger partial charge is 0.338 e. The highest BCUT2D eigenvalue weighted by Crippen LogP contribution is 2.26. The van der Waals surface area contributed by atoms with Crippen LogP contribution in [0.5, 0.6) is 5.75 Å². The molecule has 1 aliphatic rings. The molecule has 0 aliphatic carbocycles. The van der Waals surface area contributed by atoms with Crippen molar-refractivity contribution < 1.29 is 28.9 Å². The lowest BCUT2D eigenvalue weighted by Crippen LogP contribution is -2.55. The minimum atomic E-state index is -1.70. The summed E-state index contributed by atoms with van der Waals surface area (Å²) in [7, 11) is 0. The summed E-state index contributed by atoms with van der Waals surface area (Å²) in [6.07, 6.45) is -3.01. The number of carbonyl (C=O) groups is 2. The Morgan fingerprint density at radius 1 is 1.20 bits per heavy atom. The lowest BCUT2D eigenvalue weighted by molar-refractivity contribution is -0.177. The molecule has 0 aromatic heterocycles. The standard InChI is InChI=1S/C23H27NO6/c1-23(2,3)30-22(27)19(25)20-21(26)24(12-13-28-20)17-10-7-11-18(14-17)29-15-16-8-5-4-6-9-16/h4-11,14,19-20,25H,12-13,15H2,1-3H3/t19-,20-/m1/s1. The van der Waals surface area contributed by atoms with Gasteiger partial charge in [-0.05, 0) is 38.5 Å². The number of nitrogens with zero attached hydrogens (tertiary/aromatic N) is 1. The Morgan fingerprint density at radius 3 is 2.63 bits per heavy atom. The molecule has 1 amide bonds. The number of aliphatic hydroxyl groups is 1. The van der Waals surface area contributed by atoms with Gasteiger partial charge in [0.1, 0.15) is 18.0 Å². The average Bonchev–Trinajstić information content (AvgIpc) is 2.72. The van der Waals surface area contributed by atoms with Gasteiger partial charge in [-0.25, -0.2) is 4.79 Å². The van der Waals surface area contributed by atoms with E-state index in [2.05, 4.69) is 0 Å². The summed E-state index contributed by atoms with van der Waals surface area (Å²) in [4.78, 5) is 26.6. The maximum atomic E-state index is 12.9. The number of rotatable bonds is 6. The van der Waals surface area contributed by atoms with Crippen LogP contribution in [0.1, 0.15) is 26.3 Å². The zero-order valence-corrected chi connectivity index (χ0v) is 17.4. The van der Waals surface area contributed by atoms with Crippen LogP contribution in [0.25, 0.3) is 0 Å². The Balaban J connectivity index is 1.69. The van der Waals surface area contributed by atoms with Gasteiger partial charge < -0.3 is 24.2 Å². The first-order valence-corrected chi connectivity index (χ1v) is 9.85. The SMILES string of the molecule is CC(C)(C)OC(=O)[C@H](O)[C@H]1OCCN(c2cccc(OCc3ccccc3)c2)C1=O. The monoisotopic (exact) mass is 413 g/mol. The van der Waals surface area contributed by atoms with Crippen LogP contribution in [-0.2, 0) is 25.7 Å². The van der Waals surface area contributed by atoms with Crippen LogP contribution >= 0.6 is 0 Å². The van der Waals surface area contributed by atoms with Gasteiger partial charge in [0.25, 0.3) is 5.91 Å². The maximum absolute atomic E-state index is 12.9. The number of anilines is 1. The molecule has 0 saturated carbocycles. The van der Waals surface area contributed by atoms with Crippen molar-refractivity contribution in [2.75, 3.05) is 18.1 Å². The fourth-order valence-corrected chi connectivity index (χ4v) is 3.06. The van der Waals surface area contributed by atoms with E-state index in [-0.39, 0.29) is 6.61 Å². The van der Waals surface area contributed by atoms with E-state index in [1.54, 1.807) is 39.0 Å². The van der Waals surface area contributed by atoms with Crippen molar-refractivity contribution in [3.63, 3.8) is 0 Å². The molecular weight excluding hydrogens is 386 g/mol. The van der Waals surface area contributed by atoms with Crippen LogP contribution in [0.15, 0.2) is 54.6 Å². The van der Waals surface area contributed by atoms with Gasteiger partial charge in [0.2, 0.25) is 0 Å². The van der Waals surface area contributed by atoms with Gasteiger partial charge in [-0.1, -0.05) is 36.4 Å². The van der Waals surface area contributed by atoms with Gasteiger partial charge in [-0.3, -0.25) is 4.79 Å². The number of hydrogen-bond donors (Lipinski definition) is 1. The molecule has 0 radical (unpaired) electrons. The molecule has 1 heterocycles. The second kappa shape index (κ2) is 9.28. The number of ether oxygens (including phenoxy) is 3. The highest BCUT2D eigenvalue weighted by Gasteiger charge is 2.41. The van der Waals surface area contributed by atoms with E-state index in [0.29, 0.717) is 24.6 Å². The Labute approximate surface area is 176 Å². The normalized spacial score (nSPS) is 18.1. The molecule has 2 aromatic carbocycles. The minimum Gasteiger partial charge on any atom is -0.489 e. The van der Waals surface area contributed by atoms with E-state index in [1.165, 1.54) is 4.90 Å². The van der Waals surface area contributed by atoms with E-state index in [1.807, 2.05) is 36.4 Å². The number of hydrogen-bond acceptors (Lipinski definition) is 6. The third kappa shape index (κ3) is 5.58.